The van der Waals surface area contributed by atoms with Crippen LogP contribution in [-0.4, -0.2) is 42.3 Å². The van der Waals surface area contributed by atoms with E-state index in [4.69, 9.17) is 4.74 Å². The number of nitrogens with zero attached hydrogens (tertiary/aromatic N) is 1. The Balaban J connectivity index is 2.41. The van der Waals surface area contributed by atoms with Gasteiger partial charge in [0.2, 0.25) is 10.0 Å². The maximum Gasteiger partial charge on any atom is 0.241 e. The zero-order valence-electron chi connectivity index (χ0n) is 13.2. The van der Waals surface area contributed by atoms with Gasteiger partial charge in [-0.15, -0.1) is 0 Å². The molecule has 0 atom stereocenters. The van der Waals surface area contributed by atoms with E-state index in [0.717, 1.165) is 16.5 Å². The summed E-state index contributed by atoms with van der Waals surface area (Å²) in [6, 6.07) is 11.0. The highest BCUT2D eigenvalue weighted by atomic mass is 32.2. The van der Waals surface area contributed by atoms with E-state index in [0.29, 0.717) is 18.1 Å². The zero-order valence-corrected chi connectivity index (χ0v) is 14.0. The Morgan fingerprint density at radius 2 is 1.77 bits per heavy atom. The van der Waals surface area contributed by atoms with E-state index in [9.17, 15) is 8.42 Å². The first-order valence-corrected chi connectivity index (χ1v) is 8.72. The Morgan fingerprint density at radius 3 is 2.45 bits per heavy atom. The lowest BCUT2D eigenvalue weighted by atomic mass is 10.1. The molecule has 0 spiro atoms. The number of sulfonamides is 1. The summed E-state index contributed by atoms with van der Waals surface area (Å²) in [4.78, 5) is 2.27. The third-order valence-corrected chi connectivity index (χ3v) is 4.89. The lowest BCUT2D eigenvalue weighted by Crippen LogP contribution is -2.27. The Hall–Kier alpha value is -1.63. The number of fused-ring (bicyclic) bond motifs is 1. The van der Waals surface area contributed by atoms with E-state index in [1.165, 1.54) is 0 Å². The van der Waals surface area contributed by atoms with Crippen molar-refractivity contribution in [3.05, 3.63) is 36.4 Å². The molecule has 0 unspecified atom stereocenters. The van der Waals surface area contributed by atoms with Crippen molar-refractivity contribution in [2.45, 2.75) is 11.8 Å². The largest absolute Gasteiger partial charge is 0.380 e. The van der Waals surface area contributed by atoms with E-state index in [1.807, 2.05) is 50.2 Å². The molecular weight excluding hydrogens is 300 g/mol. The van der Waals surface area contributed by atoms with Crippen molar-refractivity contribution in [2.24, 2.45) is 0 Å². The molecule has 0 aliphatic rings. The smallest absolute Gasteiger partial charge is 0.241 e. The van der Waals surface area contributed by atoms with E-state index in [2.05, 4.69) is 4.72 Å². The molecule has 0 saturated heterocycles. The van der Waals surface area contributed by atoms with E-state index in [-0.39, 0.29) is 6.54 Å². The average Bonchev–Trinajstić information content (AvgIpc) is 2.50. The van der Waals surface area contributed by atoms with Crippen molar-refractivity contribution in [2.75, 3.05) is 38.8 Å². The Bertz CT molecular complexity index is 742. The summed E-state index contributed by atoms with van der Waals surface area (Å²) in [5, 5.41) is 1.64. The highest BCUT2D eigenvalue weighted by Crippen LogP contribution is 2.29. The number of nitrogens with one attached hydrogen (secondary N) is 1. The normalized spacial score (nSPS) is 11.8. The van der Waals surface area contributed by atoms with Crippen molar-refractivity contribution in [3.8, 4) is 0 Å². The minimum Gasteiger partial charge on any atom is -0.380 e. The molecule has 22 heavy (non-hydrogen) atoms. The highest BCUT2D eigenvalue weighted by Gasteiger charge is 2.17. The monoisotopic (exact) mass is 322 g/mol. The van der Waals surface area contributed by atoms with Crippen LogP contribution in [0, 0.1) is 0 Å². The summed E-state index contributed by atoms with van der Waals surface area (Å²) in [5.74, 6) is 0. The molecule has 1 N–H and O–H groups in total. The third-order valence-electron chi connectivity index (χ3n) is 3.37. The van der Waals surface area contributed by atoms with Gasteiger partial charge in [-0.05, 0) is 19.1 Å². The number of hydrogen-bond acceptors (Lipinski definition) is 4. The lowest BCUT2D eigenvalue weighted by Gasteiger charge is -2.17. The number of benzene rings is 2. The number of ether oxygens (including phenoxy) is 1. The SMILES string of the molecule is CCOCCNS(=O)(=O)c1cccc2c(N(C)C)cccc12. The molecular formula is C16H22N2O3S. The predicted molar refractivity (Wildman–Crippen MR) is 90.0 cm³/mol. The van der Waals surface area contributed by atoms with Gasteiger partial charge in [-0.3, -0.25) is 0 Å². The fourth-order valence-corrected chi connectivity index (χ4v) is 3.59. The van der Waals surface area contributed by atoms with Crippen LogP contribution in [0.3, 0.4) is 0 Å². The second kappa shape index (κ2) is 7.09. The van der Waals surface area contributed by atoms with Gasteiger partial charge >= 0.3 is 0 Å². The summed E-state index contributed by atoms with van der Waals surface area (Å²) in [7, 11) is 0.323. The van der Waals surface area contributed by atoms with Crippen molar-refractivity contribution >= 4 is 26.5 Å². The number of rotatable bonds is 7. The molecule has 2 aromatic rings. The first kappa shape index (κ1) is 16.7. The molecule has 6 heteroatoms. The Morgan fingerprint density at radius 1 is 1.09 bits per heavy atom. The maximum absolute atomic E-state index is 12.5. The second-order valence-corrected chi connectivity index (χ2v) is 6.85. The van der Waals surface area contributed by atoms with Crippen molar-refractivity contribution in [1.29, 1.82) is 0 Å². The van der Waals surface area contributed by atoms with Gasteiger partial charge in [0.1, 0.15) is 0 Å². The van der Waals surface area contributed by atoms with E-state index >= 15 is 0 Å². The predicted octanol–water partition coefficient (Wildman–Crippen LogP) is 2.22. The van der Waals surface area contributed by atoms with Crippen LogP contribution in [0.15, 0.2) is 41.3 Å². The summed E-state index contributed by atoms with van der Waals surface area (Å²) in [6.45, 7) is 3.08. The summed E-state index contributed by atoms with van der Waals surface area (Å²) >= 11 is 0. The first-order valence-electron chi connectivity index (χ1n) is 7.24. The molecule has 0 amide bonds. The van der Waals surface area contributed by atoms with Gasteiger partial charge in [-0.25, -0.2) is 13.1 Å². The van der Waals surface area contributed by atoms with E-state index in [1.54, 1.807) is 12.1 Å². The van der Waals surface area contributed by atoms with Crippen LogP contribution in [0.5, 0.6) is 0 Å². The molecule has 0 saturated carbocycles. The van der Waals surface area contributed by atoms with Crippen LogP contribution >= 0.6 is 0 Å². The highest BCUT2D eigenvalue weighted by molar-refractivity contribution is 7.89. The maximum atomic E-state index is 12.5. The number of anilines is 1. The fraction of sp³-hybridized carbons (Fsp3) is 0.375. The van der Waals surface area contributed by atoms with Gasteiger partial charge in [-0.1, -0.05) is 24.3 Å². The molecule has 0 aromatic heterocycles. The average molecular weight is 322 g/mol. The topological polar surface area (TPSA) is 58.6 Å². The summed E-state index contributed by atoms with van der Waals surface area (Å²) in [5.41, 5.74) is 0.990. The summed E-state index contributed by atoms with van der Waals surface area (Å²) < 4.78 is 32.8. The molecule has 2 aromatic carbocycles. The van der Waals surface area contributed by atoms with Crippen LogP contribution in [0.2, 0.25) is 0 Å². The molecule has 0 aliphatic carbocycles. The zero-order chi connectivity index (χ0) is 16.2. The second-order valence-electron chi connectivity index (χ2n) is 5.12. The fourth-order valence-electron chi connectivity index (χ4n) is 2.36. The van der Waals surface area contributed by atoms with Gasteiger partial charge in [0.15, 0.2) is 0 Å². The molecule has 2 rings (SSSR count). The minimum atomic E-state index is -3.56. The van der Waals surface area contributed by atoms with E-state index < -0.39 is 10.0 Å². The number of hydrogen-bond donors (Lipinski definition) is 1. The molecule has 0 aliphatic heterocycles. The van der Waals surface area contributed by atoms with Crippen LogP contribution in [0.25, 0.3) is 10.8 Å². The van der Waals surface area contributed by atoms with Crippen LogP contribution in [0.1, 0.15) is 6.92 Å². The first-order chi connectivity index (χ1) is 10.5. The van der Waals surface area contributed by atoms with Crippen LogP contribution in [-0.2, 0) is 14.8 Å². The van der Waals surface area contributed by atoms with Crippen LogP contribution < -0.4 is 9.62 Å². The molecule has 120 valence electrons. The van der Waals surface area contributed by atoms with Gasteiger partial charge in [0, 0.05) is 43.7 Å². The van der Waals surface area contributed by atoms with Crippen LogP contribution in [0.4, 0.5) is 5.69 Å². The van der Waals surface area contributed by atoms with Crippen molar-refractivity contribution < 1.29 is 13.2 Å². The van der Waals surface area contributed by atoms with Gasteiger partial charge in [-0.2, -0.15) is 0 Å². The molecule has 0 heterocycles. The van der Waals surface area contributed by atoms with Crippen molar-refractivity contribution in [3.63, 3.8) is 0 Å². The summed E-state index contributed by atoms with van der Waals surface area (Å²) in [6.07, 6.45) is 0. The molecule has 0 radical (unpaired) electrons. The third kappa shape index (κ3) is 3.58. The quantitative estimate of drug-likeness (QED) is 0.794. The lowest BCUT2D eigenvalue weighted by molar-refractivity contribution is 0.153. The van der Waals surface area contributed by atoms with Crippen molar-refractivity contribution in [1.82, 2.24) is 4.72 Å². The Kier molecular flexibility index (Phi) is 5.39. The van der Waals surface area contributed by atoms with Gasteiger partial charge in [0.25, 0.3) is 0 Å². The minimum absolute atomic E-state index is 0.264. The molecule has 0 bridgehead atoms. The van der Waals surface area contributed by atoms with Gasteiger partial charge < -0.3 is 9.64 Å². The molecule has 0 fully saturated rings. The van der Waals surface area contributed by atoms with Gasteiger partial charge in [0.05, 0.1) is 11.5 Å². The Labute approximate surface area is 131 Å². The standard InChI is InChI=1S/C16H22N2O3S/c1-4-21-12-11-17-22(19,20)16-10-6-7-13-14(16)8-5-9-15(13)18(2)3/h5-10,17H,4,11-12H2,1-3H3. The molecule has 5 nitrogen and oxygen atoms in total.